The van der Waals surface area contributed by atoms with Crippen molar-refractivity contribution in [2.24, 2.45) is 7.05 Å². The van der Waals surface area contributed by atoms with E-state index in [1.165, 1.54) is 11.3 Å². The normalized spacial score (nSPS) is 17.3. The number of carbonyl (C=O) groups is 1. The zero-order chi connectivity index (χ0) is 18.8. The Kier molecular flexibility index (Phi) is 5.38. The number of amides is 1. The lowest BCUT2D eigenvalue weighted by Gasteiger charge is -2.21. The highest BCUT2D eigenvalue weighted by molar-refractivity contribution is 9.10. The van der Waals surface area contributed by atoms with Crippen molar-refractivity contribution < 1.29 is 4.79 Å². The molecular weight excluding hydrogens is 426 g/mol. The molecule has 0 saturated carbocycles. The van der Waals surface area contributed by atoms with Gasteiger partial charge in [0.15, 0.2) is 5.13 Å². The Morgan fingerprint density at radius 3 is 2.89 bits per heavy atom. The first-order valence-corrected chi connectivity index (χ1v) is 10.5. The molecule has 1 fully saturated rings. The van der Waals surface area contributed by atoms with Crippen LogP contribution in [0.4, 0.5) is 5.13 Å². The Morgan fingerprint density at radius 1 is 1.33 bits per heavy atom. The second kappa shape index (κ2) is 7.92. The number of hydrogen-bond acceptors (Lipinski definition) is 5. The van der Waals surface area contributed by atoms with Crippen LogP contribution in [0.15, 0.2) is 46.4 Å². The topological polar surface area (TPSA) is 63.0 Å². The first-order valence-electron chi connectivity index (χ1n) is 8.83. The molecular formula is C19H20BrN5OS. The van der Waals surface area contributed by atoms with Crippen LogP contribution in [0.25, 0.3) is 0 Å². The predicted molar refractivity (Wildman–Crippen MR) is 110 cm³/mol. The van der Waals surface area contributed by atoms with Gasteiger partial charge in [-0.2, -0.15) is 5.10 Å². The molecule has 0 bridgehead atoms. The van der Waals surface area contributed by atoms with E-state index in [4.69, 9.17) is 0 Å². The van der Waals surface area contributed by atoms with Crippen molar-refractivity contribution in [1.29, 1.82) is 0 Å². The monoisotopic (exact) mass is 445 g/mol. The minimum atomic E-state index is -0.139. The van der Waals surface area contributed by atoms with Crippen molar-refractivity contribution in [2.75, 3.05) is 11.9 Å². The van der Waals surface area contributed by atoms with Crippen LogP contribution >= 0.6 is 27.3 Å². The molecule has 1 amide bonds. The number of likely N-dealkylation sites (tertiary alicyclic amines) is 1. The van der Waals surface area contributed by atoms with Crippen LogP contribution in [0.1, 0.15) is 40.6 Å². The van der Waals surface area contributed by atoms with Crippen molar-refractivity contribution in [3.8, 4) is 0 Å². The molecule has 0 aliphatic carbocycles. The van der Waals surface area contributed by atoms with E-state index in [9.17, 15) is 4.79 Å². The third kappa shape index (κ3) is 4.28. The largest absolute Gasteiger partial charge is 0.298 e. The van der Waals surface area contributed by atoms with Crippen LogP contribution in [0.2, 0.25) is 0 Å². The van der Waals surface area contributed by atoms with E-state index >= 15 is 0 Å². The number of anilines is 1. The van der Waals surface area contributed by atoms with Crippen LogP contribution < -0.4 is 5.32 Å². The van der Waals surface area contributed by atoms with Crippen LogP contribution in [0, 0.1) is 0 Å². The van der Waals surface area contributed by atoms with Gasteiger partial charge < -0.3 is 0 Å². The molecule has 1 unspecified atom stereocenters. The first-order chi connectivity index (χ1) is 13.1. The standard InChI is InChI=1S/C19H20BrN5OS/c1-24-10-8-15(23-24)11-25-9-2-3-17(25)16-12-27-19(21-16)22-18(26)13-4-6-14(20)7-5-13/h4-8,10,12,17H,2-3,9,11H2,1H3,(H,21,22,26). The van der Waals surface area contributed by atoms with Crippen molar-refractivity contribution in [3.05, 3.63) is 63.3 Å². The van der Waals surface area contributed by atoms with Gasteiger partial charge in [-0.15, -0.1) is 11.3 Å². The number of carbonyl (C=O) groups excluding carboxylic acids is 1. The van der Waals surface area contributed by atoms with Gasteiger partial charge in [0.25, 0.3) is 5.91 Å². The number of thiazole rings is 1. The van der Waals surface area contributed by atoms with Gasteiger partial charge in [-0.25, -0.2) is 4.98 Å². The molecule has 27 heavy (non-hydrogen) atoms. The third-order valence-electron chi connectivity index (χ3n) is 4.69. The quantitative estimate of drug-likeness (QED) is 0.637. The molecule has 4 rings (SSSR count). The van der Waals surface area contributed by atoms with Gasteiger partial charge in [0, 0.05) is 35.2 Å². The second-order valence-electron chi connectivity index (χ2n) is 6.65. The summed E-state index contributed by atoms with van der Waals surface area (Å²) in [5.74, 6) is -0.139. The number of aromatic nitrogens is 3. The summed E-state index contributed by atoms with van der Waals surface area (Å²) in [6.07, 6.45) is 4.20. The number of aryl methyl sites for hydroxylation is 1. The minimum absolute atomic E-state index is 0.139. The highest BCUT2D eigenvalue weighted by Gasteiger charge is 2.28. The molecule has 1 saturated heterocycles. The van der Waals surface area contributed by atoms with E-state index in [0.717, 1.165) is 41.8 Å². The summed E-state index contributed by atoms with van der Waals surface area (Å²) in [5, 5.41) is 10.1. The van der Waals surface area contributed by atoms with Crippen LogP contribution in [0.5, 0.6) is 0 Å². The van der Waals surface area contributed by atoms with E-state index in [1.807, 2.05) is 30.1 Å². The molecule has 8 heteroatoms. The third-order valence-corrected chi connectivity index (χ3v) is 5.99. The van der Waals surface area contributed by atoms with Gasteiger partial charge >= 0.3 is 0 Å². The fraction of sp³-hybridized carbons (Fsp3) is 0.316. The van der Waals surface area contributed by atoms with E-state index in [1.54, 1.807) is 12.1 Å². The molecule has 3 aromatic rings. The van der Waals surface area contributed by atoms with Gasteiger partial charge in [0.1, 0.15) is 0 Å². The lowest BCUT2D eigenvalue weighted by Crippen LogP contribution is -2.23. The summed E-state index contributed by atoms with van der Waals surface area (Å²) in [6, 6.07) is 9.63. The van der Waals surface area contributed by atoms with Crippen LogP contribution in [0.3, 0.4) is 0 Å². The Labute approximate surface area is 170 Å². The number of nitrogens with one attached hydrogen (secondary N) is 1. The maximum Gasteiger partial charge on any atom is 0.257 e. The van der Waals surface area contributed by atoms with Crippen molar-refractivity contribution in [3.63, 3.8) is 0 Å². The Balaban J connectivity index is 1.43. The fourth-order valence-electron chi connectivity index (χ4n) is 3.37. The smallest absolute Gasteiger partial charge is 0.257 e. The zero-order valence-corrected chi connectivity index (χ0v) is 17.3. The average Bonchev–Trinajstić information content (AvgIpc) is 3.37. The molecule has 0 radical (unpaired) electrons. The molecule has 6 nitrogen and oxygen atoms in total. The lowest BCUT2D eigenvalue weighted by molar-refractivity contribution is 0.102. The maximum atomic E-state index is 12.4. The summed E-state index contributed by atoms with van der Waals surface area (Å²) in [5.41, 5.74) is 2.72. The summed E-state index contributed by atoms with van der Waals surface area (Å²) in [7, 11) is 1.94. The second-order valence-corrected chi connectivity index (χ2v) is 8.42. The molecule has 140 valence electrons. The zero-order valence-electron chi connectivity index (χ0n) is 14.9. The van der Waals surface area contributed by atoms with E-state index in [0.29, 0.717) is 10.7 Å². The predicted octanol–water partition coefficient (Wildman–Crippen LogP) is 4.23. The Morgan fingerprint density at radius 2 is 2.15 bits per heavy atom. The summed E-state index contributed by atoms with van der Waals surface area (Å²) >= 11 is 4.86. The van der Waals surface area contributed by atoms with E-state index < -0.39 is 0 Å². The van der Waals surface area contributed by atoms with Crippen molar-refractivity contribution >= 4 is 38.3 Å². The molecule has 1 N–H and O–H groups in total. The highest BCUT2D eigenvalue weighted by Crippen LogP contribution is 2.34. The number of halogens is 1. The lowest BCUT2D eigenvalue weighted by atomic mass is 10.1. The number of rotatable bonds is 5. The molecule has 1 atom stereocenters. The SMILES string of the molecule is Cn1ccc(CN2CCCC2c2csc(NC(=O)c3ccc(Br)cc3)n2)n1. The fourth-order valence-corrected chi connectivity index (χ4v) is 4.39. The molecule has 2 aromatic heterocycles. The molecule has 3 heterocycles. The molecule has 1 aliphatic heterocycles. The molecule has 0 spiro atoms. The Hall–Kier alpha value is -2.03. The van der Waals surface area contributed by atoms with Crippen LogP contribution in [-0.2, 0) is 13.6 Å². The van der Waals surface area contributed by atoms with E-state index in [-0.39, 0.29) is 11.9 Å². The Bertz CT molecular complexity index is 936. The van der Waals surface area contributed by atoms with Gasteiger partial charge in [-0.1, -0.05) is 15.9 Å². The van der Waals surface area contributed by atoms with Crippen molar-refractivity contribution in [2.45, 2.75) is 25.4 Å². The molecule has 1 aromatic carbocycles. The van der Waals surface area contributed by atoms with Gasteiger partial charge in [0.2, 0.25) is 0 Å². The van der Waals surface area contributed by atoms with Crippen LogP contribution in [-0.4, -0.2) is 32.1 Å². The number of benzene rings is 1. The minimum Gasteiger partial charge on any atom is -0.298 e. The number of hydrogen-bond donors (Lipinski definition) is 1. The summed E-state index contributed by atoms with van der Waals surface area (Å²) in [6.45, 7) is 1.86. The highest BCUT2D eigenvalue weighted by atomic mass is 79.9. The van der Waals surface area contributed by atoms with E-state index in [2.05, 4.69) is 47.7 Å². The maximum absolute atomic E-state index is 12.4. The van der Waals surface area contributed by atoms with Crippen molar-refractivity contribution in [1.82, 2.24) is 19.7 Å². The average molecular weight is 446 g/mol. The van der Waals surface area contributed by atoms with Gasteiger partial charge in [0.05, 0.1) is 17.4 Å². The number of nitrogens with zero attached hydrogens (tertiary/aromatic N) is 4. The first kappa shape index (κ1) is 18.3. The molecule has 1 aliphatic rings. The van der Waals surface area contributed by atoms with Gasteiger partial charge in [-0.3, -0.25) is 19.7 Å². The summed E-state index contributed by atoms with van der Waals surface area (Å²) < 4.78 is 2.78. The van der Waals surface area contributed by atoms with Gasteiger partial charge in [-0.05, 0) is 49.7 Å². The summed E-state index contributed by atoms with van der Waals surface area (Å²) in [4.78, 5) is 19.5.